The van der Waals surface area contributed by atoms with Gasteiger partial charge in [-0.1, -0.05) is 47.7 Å². The molecule has 0 spiro atoms. The summed E-state index contributed by atoms with van der Waals surface area (Å²) in [5, 5.41) is 0. The molecule has 0 bridgehead atoms. The van der Waals surface area contributed by atoms with E-state index in [-0.39, 0.29) is 4.90 Å². The number of hydrogen-bond acceptors (Lipinski definition) is 6. The Bertz CT molecular complexity index is 1450. The van der Waals surface area contributed by atoms with Crippen molar-refractivity contribution in [1.82, 2.24) is 4.90 Å². The number of benzene rings is 3. The molecule has 38 heavy (non-hydrogen) atoms. The largest absolute Gasteiger partial charge is 0.486 e. The monoisotopic (exact) mass is 532 g/mol. The highest BCUT2D eigenvalue weighted by Gasteiger charge is 2.23. The molecule has 3 aromatic rings. The maximum absolute atomic E-state index is 11.6. The molecule has 7 nitrogen and oxygen atoms in total. The topological polar surface area (TPSA) is 79.3 Å². The third kappa shape index (κ3) is 6.30. The van der Waals surface area contributed by atoms with Gasteiger partial charge in [-0.25, -0.2) is 0 Å². The van der Waals surface area contributed by atoms with Gasteiger partial charge < -0.3 is 14.4 Å². The predicted molar refractivity (Wildman–Crippen MR) is 148 cm³/mol. The molecule has 2 aliphatic rings. The second kappa shape index (κ2) is 11.5. The number of aryl methyl sites for hydroxylation is 2. The number of piperazine rings is 1. The highest BCUT2D eigenvalue weighted by Crippen LogP contribution is 2.39. The summed E-state index contributed by atoms with van der Waals surface area (Å²) in [6, 6.07) is 19.3. The van der Waals surface area contributed by atoms with E-state index < -0.39 is 10.1 Å². The quantitative estimate of drug-likeness (QED) is 0.374. The normalized spacial score (nSPS) is 15.6. The summed E-state index contributed by atoms with van der Waals surface area (Å²) in [6.45, 7) is 7.77. The van der Waals surface area contributed by atoms with Crippen molar-refractivity contribution in [2.75, 3.05) is 44.3 Å². The maximum atomic E-state index is 11.6. The van der Waals surface area contributed by atoms with Gasteiger partial charge in [-0.15, -0.1) is 0 Å². The lowest BCUT2D eigenvalue weighted by Gasteiger charge is -2.37. The molecule has 1 saturated heterocycles. The van der Waals surface area contributed by atoms with Gasteiger partial charge in [0.25, 0.3) is 10.1 Å². The molecular formula is C30H32N2O5S. The molecule has 1 fully saturated rings. The zero-order chi connectivity index (χ0) is 26.5. The van der Waals surface area contributed by atoms with Gasteiger partial charge in [0, 0.05) is 44.7 Å². The summed E-state index contributed by atoms with van der Waals surface area (Å²) in [5.74, 6) is 7.99. The van der Waals surface area contributed by atoms with Crippen LogP contribution in [0.15, 0.2) is 65.6 Å². The van der Waals surface area contributed by atoms with Crippen molar-refractivity contribution < 1.29 is 22.4 Å². The molecule has 2 aliphatic heterocycles. The van der Waals surface area contributed by atoms with E-state index in [1.807, 2.05) is 31.2 Å². The second-order valence-electron chi connectivity index (χ2n) is 9.65. The fraction of sp³-hybridized carbons (Fsp3) is 0.333. The lowest BCUT2D eigenvalue weighted by molar-refractivity contribution is 0.171. The summed E-state index contributed by atoms with van der Waals surface area (Å²) >= 11 is 0. The van der Waals surface area contributed by atoms with Crippen LogP contribution in [0.25, 0.3) is 0 Å². The summed E-state index contributed by atoms with van der Waals surface area (Å²) < 4.78 is 44.4. The van der Waals surface area contributed by atoms with E-state index in [9.17, 15) is 13.0 Å². The van der Waals surface area contributed by atoms with Gasteiger partial charge in [-0.2, -0.15) is 8.42 Å². The van der Waals surface area contributed by atoms with Gasteiger partial charge in [0.15, 0.2) is 11.5 Å². The van der Waals surface area contributed by atoms with E-state index >= 15 is 0 Å². The van der Waals surface area contributed by atoms with Gasteiger partial charge in [0.05, 0.1) is 10.6 Å². The maximum Gasteiger partial charge on any atom is 0.294 e. The standard InChI is InChI=1S/C30H32N2O5S/c1-23-9-14-29(38(33,34)35)26(21-23)6-3-2-5-24-10-12-25(13-11-24)22-31-15-17-32(18-16-31)27-7-4-8-28-30(27)37-20-19-36-28/h4,7-14,21H,3,6,15-20,22H2,1H3,(H,33,34,35). The minimum atomic E-state index is -4.24. The Hall–Kier alpha value is -3.51. The first-order valence-corrected chi connectivity index (χ1v) is 14.3. The SMILES string of the molecule is Cc1ccc(S(=O)(=O)O)c(CCC#Cc2ccc(CN3CCN(c4cccc5c4OCCO5)CC3)cc2)c1. The third-order valence-electron chi connectivity index (χ3n) is 6.86. The summed E-state index contributed by atoms with van der Waals surface area (Å²) in [5.41, 5.74) is 4.82. The molecule has 0 radical (unpaired) electrons. The van der Waals surface area contributed by atoms with Crippen LogP contribution >= 0.6 is 0 Å². The highest BCUT2D eigenvalue weighted by atomic mass is 32.2. The lowest BCUT2D eigenvalue weighted by atomic mass is 10.1. The van der Waals surface area contributed by atoms with Crippen molar-refractivity contribution in [2.24, 2.45) is 0 Å². The van der Waals surface area contributed by atoms with Crippen LogP contribution in [0.5, 0.6) is 11.5 Å². The average Bonchev–Trinajstić information content (AvgIpc) is 2.91. The average molecular weight is 533 g/mol. The Morgan fingerprint density at radius 3 is 2.47 bits per heavy atom. The van der Waals surface area contributed by atoms with Gasteiger partial charge in [-0.3, -0.25) is 9.45 Å². The number of fused-ring (bicyclic) bond motifs is 1. The number of ether oxygens (including phenoxy) is 2. The Morgan fingerprint density at radius 1 is 0.947 bits per heavy atom. The fourth-order valence-electron chi connectivity index (χ4n) is 4.92. The predicted octanol–water partition coefficient (Wildman–Crippen LogP) is 4.32. The van der Waals surface area contributed by atoms with E-state index in [4.69, 9.17) is 9.47 Å². The first-order valence-electron chi connectivity index (χ1n) is 12.9. The van der Waals surface area contributed by atoms with Gasteiger partial charge >= 0.3 is 0 Å². The summed E-state index contributed by atoms with van der Waals surface area (Å²) in [4.78, 5) is 4.79. The van der Waals surface area contributed by atoms with Crippen LogP contribution in [-0.4, -0.2) is 57.3 Å². The van der Waals surface area contributed by atoms with Crippen molar-refractivity contribution in [2.45, 2.75) is 31.2 Å². The zero-order valence-corrected chi connectivity index (χ0v) is 22.3. The van der Waals surface area contributed by atoms with Gasteiger partial charge in [0.1, 0.15) is 13.2 Å². The van der Waals surface area contributed by atoms with E-state index in [1.165, 1.54) is 11.6 Å². The second-order valence-corrected chi connectivity index (χ2v) is 11.0. The van der Waals surface area contributed by atoms with Crippen LogP contribution in [0.2, 0.25) is 0 Å². The van der Waals surface area contributed by atoms with Crippen molar-refractivity contribution in [3.8, 4) is 23.3 Å². The van der Waals surface area contributed by atoms with Crippen LogP contribution < -0.4 is 14.4 Å². The summed E-state index contributed by atoms with van der Waals surface area (Å²) in [6.07, 6.45) is 0.957. The third-order valence-corrected chi connectivity index (χ3v) is 7.82. The van der Waals surface area contributed by atoms with Crippen LogP contribution in [0.3, 0.4) is 0 Å². The van der Waals surface area contributed by atoms with Crippen LogP contribution in [-0.2, 0) is 23.1 Å². The number of hydrogen-bond donors (Lipinski definition) is 1. The van der Waals surface area contributed by atoms with Crippen LogP contribution in [0, 0.1) is 18.8 Å². The Morgan fingerprint density at radius 2 is 1.71 bits per heavy atom. The van der Waals surface area contributed by atoms with Gasteiger partial charge in [-0.05, 0) is 54.8 Å². The molecular weight excluding hydrogens is 500 g/mol. The van der Waals surface area contributed by atoms with Crippen LogP contribution in [0.4, 0.5) is 5.69 Å². The van der Waals surface area contributed by atoms with E-state index in [0.29, 0.717) is 31.6 Å². The van der Waals surface area contributed by atoms with E-state index in [2.05, 4.69) is 39.8 Å². The molecule has 198 valence electrons. The van der Waals surface area contributed by atoms with Gasteiger partial charge in [0.2, 0.25) is 0 Å². The number of nitrogens with zero attached hydrogens (tertiary/aromatic N) is 2. The van der Waals surface area contributed by atoms with E-state index in [0.717, 1.165) is 61.0 Å². The fourth-order valence-corrected chi connectivity index (χ4v) is 5.66. The van der Waals surface area contributed by atoms with E-state index in [1.54, 1.807) is 12.1 Å². The molecule has 0 atom stereocenters. The molecule has 1 N–H and O–H groups in total. The Balaban J connectivity index is 1.13. The minimum Gasteiger partial charge on any atom is -0.486 e. The first kappa shape index (κ1) is 26.1. The van der Waals surface area contributed by atoms with Crippen molar-refractivity contribution in [3.63, 3.8) is 0 Å². The number of anilines is 1. The van der Waals surface area contributed by atoms with Crippen molar-refractivity contribution in [1.29, 1.82) is 0 Å². The molecule has 0 saturated carbocycles. The molecule has 3 aromatic carbocycles. The summed E-state index contributed by atoms with van der Waals surface area (Å²) in [7, 11) is -4.24. The van der Waals surface area contributed by atoms with Crippen molar-refractivity contribution in [3.05, 3.63) is 82.9 Å². The molecule has 5 rings (SSSR count). The minimum absolute atomic E-state index is 0.0411. The first-order chi connectivity index (χ1) is 18.4. The highest BCUT2D eigenvalue weighted by molar-refractivity contribution is 7.85. The van der Waals surface area contributed by atoms with Crippen LogP contribution in [0.1, 0.15) is 28.7 Å². The molecule has 0 amide bonds. The number of rotatable bonds is 6. The molecule has 0 unspecified atom stereocenters. The molecule has 8 heteroatoms. The zero-order valence-electron chi connectivity index (χ0n) is 21.5. The number of para-hydroxylation sites is 1. The van der Waals surface area contributed by atoms with Crippen molar-refractivity contribution >= 4 is 15.8 Å². The molecule has 2 heterocycles. The Labute approximate surface area is 224 Å². The molecule has 0 aliphatic carbocycles. The Kier molecular flexibility index (Phi) is 7.89. The lowest BCUT2D eigenvalue weighted by Crippen LogP contribution is -2.46. The smallest absolute Gasteiger partial charge is 0.294 e. The molecule has 0 aromatic heterocycles.